The average molecular weight is 353 g/mol. The highest BCUT2D eigenvalue weighted by Crippen LogP contribution is 2.38. The first-order chi connectivity index (χ1) is 12.5. The lowest BCUT2D eigenvalue weighted by Gasteiger charge is -2.14. The van der Waals surface area contributed by atoms with Crippen molar-refractivity contribution in [2.24, 2.45) is 0 Å². The number of nitriles is 1. The first kappa shape index (κ1) is 17.6. The van der Waals surface area contributed by atoms with Gasteiger partial charge in [-0.25, -0.2) is 0 Å². The quantitative estimate of drug-likeness (QED) is 0.592. The van der Waals surface area contributed by atoms with Crippen LogP contribution in [0.4, 0.5) is 13.2 Å². The second kappa shape index (κ2) is 7.32. The molecular weight excluding hydrogens is 339 g/mol. The summed E-state index contributed by atoms with van der Waals surface area (Å²) >= 11 is 0. The third-order valence-electron chi connectivity index (χ3n) is 3.88. The van der Waals surface area contributed by atoms with E-state index in [1.54, 1.807) is 0 Å². The molecule has 3 aromatic carbocycles. The van der Waals surface area contributed by atoms with Gasteiger partial charge in [0.25, 0.3) is 0 Å². The highest BCUT2D eigenvalue weighted by Gasteiger charge is 2.33. The van der Waals surface area contributed by atoms with Crippen molar-refractivity contribution in [3.8, 4) is 22.9 Å². The molecular formula is C21H14F3NO. The van der Waals surface area contributed by atoms with Crippen molar-refractivity contribution in [3.05, 3.63) is 89.5 Å². The van der Waals surface area contributed by atoms with Gasteiger partial charge in [0.05, 0.1) is 11.1 Å². The van der Waals surface area contributed by atoms with Crippen LogP contribution in [0.3, 0.4) is 0 Å². The lowest BCUT2D eigenvalue weighted by Crippen LogP contribution is -2.07. The second-order valence-electron chi connectivity index (χ2n) is 5.64. The zero-order valence-electron chi connectivity index (χ0n) is 13.6. The molecule has 0 N–H and O–H groups in total. The van der Waals surface area contributed by atoms with Crippen LogP contribution in [0.2, 0.25) is 0 Å². The van der Waals surface area contributed by atoms with E-state index in [1.807, 2.05) is 36.4 Å². The number of ether oxygens (including phenoxy) is 1. The summed E-state index contributed by atoms with van der Waals surface area (Å²) in [4.78, 5) is 0. The Morgan fingerprint density at radius 2 is 1.58 bits per heavy atom. The van der Waals surface area contributed by atoms with E-state index in [9.17, 15) is 18.4 Å². The Bertz CT molecular complexity index is 943. The first-order valence-electron chi connectivity index (χ1n) is 7.86. The maximum Gasteiger partial charge on any atom is 0.417 e. The molecule has 0 aliphatic rings. The molecule has 0 amide bonds. The van der Waals surface area contributed by atoms with Gasteiger partial charge in [-0.1, -0.05) is 54.6 Å². The molecule has 0 saturated carbocycles. The molecule has 0 unspecified atom stereocenters. The van der Waals surface area contributed by atoms with E-state index in [0.717, 1.165) is 11.6 Å². The number of alkyl halides is 3. The first-order valence-corrected chi connectivity index (χ1v) is 7.86. The summed E-state index contributed by atoms with van der Waals surface area (Å²) < 4.78 is 45.3. The lowest BCUT2D eigenvalue weighted by atomic mass is 9.97. The minimum absolute atomic E-state index is 0.0334. The molecule has 3 aromatic rings. The number of nitrogens with zero attached hydrogens (tertiary/aromatic N) is 1. The van der Waals surface area contributed by atoms with Gasteiger partial charge in [0, 0.05) is 0 Å². The Balaban J connectivity index is 1.92. The lowest BCUT2D eigenvalue weighted by molar-refractivity contribution is -0.137. The van der Waals surface area contributed by atoms with Crippen molar-refractivity contribution in [2.75, 3.05) is 0 Å². The molecule has 130 valence electrons. The van der Waals surface area contributed by atoms with Crippen LogP contribution in [-0.4, -0.2) is 0 Å². The van der Waals surface area contributed by atoms with Gasteiger partial charge in [0.15, 0.2) is 0 Å². The van der Waals surface area contributed by atoms with Gasteiger partial charge in [-0.2, -0.15) is 18.4 Å². The molecule has 26 heavy (non-hydrogen) atoms. The van der Waals surface area contributed by atoms with Crippen LogP contribution in [-0.2, 0) is 12.8 Å². The van der Waals surface area contributed by atoms with Crippen molar-refractivity contribution < 1.29 is 17.9 Å². The van der Waals surface area contributed by atoms with Gasteiger partial charge in [0.2, 0.25) is 0 Å². The molecule has 2 nitrogen and oxygen atoms in total. The van der Waals surface area contributed by atoms with E-state index in [4.69, 9.17) is 4.74 Å². The molecule has 3 rings (SSSR count). The summed E-state index contributed by atoms with van der Waals surface area (Å²) in [6.07, 6.45) is -4.47. The number of hydrogen-bond donors (Lipinski definition) is 0. The van der Waals surface area contributed by atoms with Crippen molar-refractivity contribution in [2.45, 2.75) is 12.8 Å². The summed E-state index contributed by atoms with van der Waals surface area (Å²) in [7, 11) is 0. The molecule has 0 saturated heterocycles. The van der Waals surface area contributed by atoms with Crippen LogP contribution in [0, 0.1) is 11.3 Å². The van der Waals surface area contributed by atoms with E-state index >= 15 is 0 Å². The topological polar surface area (TPSA) is 33.0 Å². The summed E-state index contributed by atoms with van der Waals surface area (Å²) in [5, 5.41) is 9.36. The maximum absolute atomic E-state index is 13.2. The summed E-state index contributed by atoms with van der Waals surface area (Å²) in [5.74, 6) is 0.338. The summed E-state index contributed by atoms with van der Waals surface area (Å²) in [5.41, 5.74) is 0.743. The van der Waals surface area contributed by atoms with Gasteiger partial charge in [-0.3, -0.25) is 0 Å². The summed E-state index contributed by atoms with van der Waals surface area (Å²) in [6.45, 7) is 0.272. The summed E-state index contributed by atoms with van der Waals surface area (Å²) in [6, 6.07) is 21.2. The fourth-order valence-corrected chi connectivity index (χ4v) is 2.63. The Hall–Kier alpha value is -3.26. The average Bonchev–Trinajstić information content (AvgIpc) is 2.66. The van der Waals surface area contributed by atoms with E-state index < -0.39 is 11.7 Å². The van der Waals surface area contributed by atoms with Crippen molar-refractivity contribution in [1.82, 2.24) is 0 Å². The molecule has 0 radical (unpaired) electrons. The van der Waals surface area contributed by atoms with Gasteiger partial charge in [-0.05, 0) is 34.9 Å². The van der Waals surface area contributed by atoms with Gasteiger partial charge < -0.3 is 4.74 Å². The number of benzene rings is 3. The third-order valence-corrected chi connectivity index (χ3v) is 3.88. The zero-order chi connectivity index (χ0) is 18.6. The van der Waals surface area contributed by atoms with Crippen molar-refractivity contribution >= 4 is 0 Å². The smallest absolute Gasteiger partial charge is 0.417 e. The SMILES string of the molecule is N#Cc1cc(-c2ccccc2C(F)(F)F)ccc1OCc1ccccc1. The Morgan fingerprint density at radius 3 is 2.27 bits per heavy atom. The zero-order valence-corrected chi connectivity index (χ0v) is 13.6. The largest absolute Gasteiger partial charge is 0.488 e. The number of halogens is 3. The monoisotopic (exact) mass is 353 g/mol. The van der Waals surface area contributed by atoms with Crippen molar-refractivity contribution in [1.29, 1.82) is 5.26 Å². The highest BCUT2D eigenvalue weighted by atomic mass is 19.4. The minimum Gasteiger partial charge on any atom is -0.488 e. The van der Waals surface area contributed by atoms with Crippen LogP contribution in [0.25, 0.3) is 11.1 Å². The van der Waals surface area contributed by atoms with E-state index in [0.29, 0.717) is 11.3 Å². The molecule has 0 aliphatic heterocycles. The third kappa shape index (κ3) is 3.86. The van der Waals surface area contributed by atoms with Gasteiger partial charge in [-0.15, -0.1) is 0 Å². The van der Waals surface area contributed by atoms with Crippen LogP contribution in [0.15, 0.2) is 72.8 Å². The highest BCUT2D eigenvalue weighted by molar-refractivity contribution is 5.71. The molecule has 0 spiro atoms. The Morgan fingerprint density at radius 1 is 0.885 bits per heavy atom. The Kier molecular flexibility index (Phi) is 4.94. The molecule has 0 atom stereocenters. The van der Waals surface area contributed by atoms with E-state index in [-0.39, 0.29) is 17.7 Å². The van der Waals surface area contributed by atoms with Crippen molar-refractivity contribution in [3.63, 3.8) is 0 Å². The number of rotatable bonds is 4. The van der Waals surface area contributed by atoms with E-state index in [1.165, 1.54) is 36.4 Å². The maximum atomic E-state index is 13.2. The number of hydrogen-bond acceptors (Lipinski definition) is 2. The Labute approximate surface area is 149 Å². The van der Waals surface area contributed by atoms with Crippen LogP contribution >= 0.6 is 0 Å². The molecule has 0 heterocycles. The predicted octanol–water partition coefficient (Wildman–Crippen LogP) is 5.82. The van der Waals surface area contributed by atoms with Crippen LogP contribution in [0.5, 0.6) is 5.75 Å². The van der Waals surface area contributed by atoms with E-state index in [2.05, 4.69) is 0 Å². The van der Waals surface area contributed by atoms with Gasteiger partial charge in [0.1, 0.15) is 18.4 Å². The predicted molar refractivity (Wildman–Crippen MR) is 92.4 cm³/mol. The van der Waals surface area contributed by atoms with Crippen LogP contribution < -0.4 is 4.74 Å². The molecule has 0 fully saturated rings. The standard InChI is InChI=1S/C21H14F3NO/c22-21(23,24)19-9-5-4-8-18(19)16-10-11-20(17(12-16)13-25)26-14-15-6-2-1-3-7-15/h1-12H,14H2. The fraction of sp³-hybridized carbons (Fsp3) is 0.0952. The molecule has 5 heteroatoms. The molecule has 0 aliphatic carbocycles. The van der Waals surface area contributed by atoms with Gasteiger partial charge >= 0.3 is 6.18 Å². The molecule has 0 bridgehead atoms. The minimum atomic E-state index is -4.47. The molecule has 0 aromatic heterocycles. The fourth-order valence-electron chi connectivity index (χ4n) is 2.63. The normalized spacial score (nSPS) is 11.0. The second-order valence-corrected chi connectivity index (χ2v) is 5.64. The van der Waals surface area contributed by atoms with Crippen LogP contribution in [0.1, 0.15) is 16.7 Å².